The van der Waals surface area contributed by atoms with Crippen LogP contribution < -0.4 is 11.0 Å². The average Bonchev–Trinajstić information content (AvgIpc) is 3.33. The summed E-state index contributed by atoms with van der Waals surface area (Å²) in [7, 11) is 0. The predicted molar refractivity (Wildman–Crippen MR) is 100 cm³/mol. The number of fused-ring (bicyclic) bond motifs is 1. The Kier molecular flexibility index (Phi) is 4.34. The van der Waals surface area contributed by atoms with Crippen molar-refractivity contribution in [2.45, 2.75) is 25.3 Å². The third-order valence-electron chi connectivity index (χ3n) is 4.56. The van der Waals surface area contributed by atoms with E-state index in [1.165, 1.54) is 0 Å². The van der Waals surface area contributed by atoms with Crippen molar-refractivity contribution in [1.29, 1.82) is 0 Å². The van der Waals surface area contributed by atoms with E-state index >= 15 is 0 Å². The highest BCUT2D eigenvalue weighted by Crippen LogP contribution is 2.22. The number of anilines is 1. The summed E-state index contributed by atoms with van der Waals surface area (Å²) in [6.45, 7) is 0.604. The van der Waals surface area contributed by atoms with Crippen LogP contribution in [-0.2, 0) is 16.0 Å². The van der Waals surface area contributed by atoms with Crippen LogP contribution in [0, 0.1) is 0 Å². The van der Waals surface area contributed by atoms with E-state index in [0.29, 0.717) is 36.1 Å². The Hall–Kier alpha value is -2.87. The number of hydrogen-bond acceptors (Lipinski definition) is 4. The molecule has 2 aromatic heterocycles. The number of likely N-dealkylation sites (tertiary alicyclic amines) is 1. The number of carbonyl (C=O) groups excluding carboxylic acids is 2. The Morgan fingerprint density at radius 1 is 1.23 bits per heavy atom. The lowest BCUT2D eigenvalue weighted by molar-refractivity contribution is -0.136. The zero-order valence-electron chi connectivity index (χ0n) is 14.0. The highest BCUT2D eigenvalue weighted by molar-refractivity contribution is 7.10. The molecule has 0 spiro atoms. The van der Waals surface area contributed by atoms with Crippen molar-refractivity contribution < 1.29 is 9.59 Å². The maximum atomic E-state index is 12.7. The van der Waals surface area contributed by atoms with Gasteiger partial charge in [0.1, 0.15) is 6.04 Å². The Morgan fingerprint density at radius 3 is 2.88 bits per heavy atom. The highest BCUT2D eigenvalue weighted by atomic mass is 32.1. The predicted octanol–water partition coefficient (Wildman–Crippen LogP) is 2.09. The summed E-state index contributed by atoms with van der Waals surface area (Å²) in [5.41, 5.74) is 1.62. The minimum atomic E-state index is -0.455. The van der Waals surface area contributed by atoms with Gasteiger partial charge in [0.05, 0.1) is 17.5 Å². The minimum Gasteiger partial charge on any atom is -0.330 e. The number of amides is 2. The largest absolute Gasteiger partial charge is 0.330 e. The second-order valence-corrected chi connectivity index (χ2v) is 7.36. The third kappa shape index (κ3) is 3.28. The number of imidazole rings is 1. The van der Waals surface area contributed by atoms with Gasteiger partial charge >= 0.3 is 5.69 Å². The number of aromatic amines is 2. The Labute approximate surface area is 153 Å². The van der Waals surface area contributed by atoms with E-state index in [4.69, 9.17) is 0 Å². The van der Waals surface area contributed by atoms with Crippen LogP contribution in [-0.4, -0.2) is 39.3 Å². The molecule has 1 saturated heterocycles. The molecule has 26 heavy (non-hydrogen) atoms. The van der Waals surface area contributed by atoms with Gasteiger partial charge in [0.15, 0.2) is 0 Å². The van der Waals surface area contributed by atoms with Crippen LogP contribution >= 0.6 is 11.3 Å². The Bertz CT molecular complexity index is 1010. The fourth-order valence-corrected chi connectivity index (χ4v) is 4.03. The normalized spacial score (nSPS) is 16.9. The quantitative estimate of drug-likeness (QED) is 0.656. The summed E-state index contributed by atoms with van der Waals surface area (Å²) in [4.78, 5) is 44.6. The number of carbonyl (C=O) groups is 2. The molecule has 0 radical (unpaired) electrons. The van der Waals surface area contributed by atoms with Gasteiger partial charge in [0, 0.05) is 17.1 Å². The van der Waals surface area contributed by atoms with Crippen molar-refractivity contribution >= 4 is 39.9 Å². The fourth-order valence-electron chi connectivity index (χ4n) is 3.34. The molecule has 8 heteroatoms. The van der Waals surface area contributed by atoms with Crippen LogP contribution in [0.15, 0.2) is 40.5 Å². The molecule has 3 N–H and O–H groups in total. The average molecular weight is 370 g/mol. The van der Waals surface area contributed by atoms with E-state index in [9.17, 15) is 14.4 Å². The molecule has 134 valence electrons. The number of benzene rings is 1. The molecular formula is C18H18N4O3S. The molecule has 4 rings (SSSR count). The first kappa shape index (κ1) is 16.6. The zero-order chi connectivity index (χ0) is 18.1. The number of hydrogen-bond donors (Lipinski definition) is 3. The number of aromatic nitrogens is 2. The number of nitrogens with zero attached hydrogens (tertiary/aromatic N) is 1. The van der Waals surface area contributed by atoms with E-state index in [1.54, 1.807) is 34.4 Å². The summed E-state index contributed by atoms with van der Waals surface area (Å²) in [5.74, 6) is -0.213. The van der Waals surface area contributed by atoms with Crippen LogP contribution in [0.4, 0.5) is 5.69 Å². The van der Waals surface area contributed by atoms with Gasteiger partial charge in [0.2, 0.25) is 11.8 Å². The van der Waals surface area contributed by atoms with E-state index in [2.05, 4.69) is 15.3 Å². The van der Waals surface area contributed by atoms with Crippen molar-refractivity contribution in [3.8, 4) is 0 Å². The standard InChI is InChI=1S/C18H18N4O3S/c23-16(10-12-3-2-8-26-12)22-7-1-4-15(22)17(24)19-11-5-6-13-14(9-11)21-18(25)20-13/h2-3,5-6,8-9,15H,1,4,7,10H2,(H,19,24)(H2,20,21,25). The van der Waals surface area contributed by atoms with Gasteiger partial charge in [-0.25, -0.2) is 4.79 Å². The first-order chi connectivity index (χ1) is 12.6. The van der Waals surface area contributed by atoms with Gasteiger partial charge in [-0.1, -0.05) is 6.07 Å². The van der Waals surface area contributed by atoms with Crippen LogP contribution in [0.1, 0.15) is 17.7 Å². The maximum absolute atomic E-state index is 12.7. The van der Waals surface area contributed by atoms with Crippen molar-refractivity contribution in [2.75, 3.05) is 11.9 Å². The number of H-pyrrole nitrogens is 2. The van der Waals surface area contributed by atoms with Crippen molar-refractivity contribution in [1.82, 2.24) is 14.9 Å². The molecule has 0 bridgehead atoms. The topological polar surface area (TPSA) is 98.1 Å². The van der Waals surface area contributed by atoms with Crippen LogP contribution in [0.2, 0.25) is 0 Å². The molecule has 3 aromatic rings. The summed E-state index contributed by atoms with van der Waals surface area (Å²) < 4.78 is 0. The van der Waals surface area contributed by atoms with Gasteiger partial charge in [-0.3, -0.25) is 9.59 Å². The summed E-state index contributed by atoms with van der Waals surface area (Å²) in [6, 6.07) is 8.57. The molecule has 1 aromatic carbocycles. The van der Waals surface area contributed by atoms with Crippen LogP contribution in [0.5, 0.6) is 0 Å². The number of nitrogens with one attached hydrogen (secondary N) is 3. The lowest BCUT2D eigenvalue weighted by Gasteiger charge is -2.24. The molecule has 1 fully saturated rings. The van der Waals surface area contributed by atoms with Crippen LogP contribution in [0.3, 0.4) is 0 Å². The molecule has 2 amide bonds. The Balaban J connectivity index is 1.47. The van der Waals surface area contributed by atoms with Crippen molar-refractivity contribution in [3.63, 3.8) is 0 Å². The summed E-state index contributed by atoms with van der Waals surface area (Å²) in [5, 5.41) is 4.81. The van der Waals surface area contributed by atoms with E-state index < -0.39 is 6.04 Å². The number of thiophene rings is 1. The van der Waals surface area contributed by atoms with Crippen LogP contribution in [0.25, 0.3) is 11.0 Å². The monoisotopic (exact) mass is 370 g/mol. The molecule has 1 atom stereocenters. The molecule has 3 heterocycles. The fraction of sp³-hybridized carbons (Fsp3) is 0.278. The van der Waals surface area contributed by atoms with Gasteiger partial charge in [-0.15, -0.1) is 11.3 Å². The van der Waals surface area contributed by atoms with Crippen molar-refractivity contribution in [2.24, 2.45) is 0 Å². The molecule has 1 aliphatic rings. The molecule has 1 aliphatic heterocycles. The van der Waals surface area contributed by atoms with Gasteiger partial charge in [-0.05, 0) is 42.5 Å². The van der Waals surface area contributed by atoms with E-state index in [0.717, 1.165) is 11.3 Å². The maximum Gasteiger partial charge on any atom is 0.323 e. The van der Waals surface area contributed by atoms with E-state index in [-0.39, 0.29) is 17.5 Å². The SMILES string of the molecule is O=C(Nc1ccc2[nH]c(=O)[nH]c2c1)C1CCCN1C(=O)Cc1cccs1. The summed E-state index contributed by atoms with van der Waals surface area (Å²) in [6.07, 6.45) is 1.81. The smallest absolute Gasteiger partial charge is 0.323 e. The van der Waals surface area contributed by atoms with Gasteiger partial charge in [-0.2, -0.15) is 0 Å². The molecular weight excluding hydrogens is 352 g/mol. The lowest BCUT2D eigenvalue weighted by atomic mass is 10.2. The zero-order valence-corrected chi connectivity index (χ0v) is 14.8. The third-order valence-corrected chi connectivity index (χ3v) is 5.44. The molecule has 1 unspecified atom stereocenters. The first-order valence-electron chi connectivity index (χ1n) is 8.45. The first-order valence-corrected chi connectivity index (χ1v) is 9.33. The minimum absolute atomic E-state index is 0.0180. The second-order valence-electron chi connectivity index (χ2n) is 6.33. The summed E-state index contributed by atoms with van der Waals surface area (Å²) >= 11 is 1.55. The lowest BCUT2D eigenvalue weighted by Crippen LogP contribution is -2.43. The van der Waals surface area contributed by atoms with Gasteiger partial charge in [0.25, 0.3) is 0 Å². The molecule has 0 saturated carbocycles. The number of rotatable bonds is 4. The van der Waals surface area contributed by atoms with Gasteiger partial charge < -0.3 is 20.2 Å². The molecule has 7 nitrogen and oxygen atoms in total. The molecule has 0 aliphatic carbocycles. The van der Waals surface area contributed by atoms with E-state index in [1.807, 2.05) is 17.5 Å². The Morgan fingerprint density at radius 2 is 2.08 bits per heavy atom. The van der Waals surface area contributed by atoms with Crippen molar-refractivity contribution in [3.05, 3.63) is 51.1 Å². The highest BCUT2D eigenvalue weighted by Gasteiger charge is 2.34. The second kappa shape index (κ2) is 6.80.